The van der Waals surface area contributed by atoms with Crippen LogP contribution in [-0.2, 0) is 7.05 Å². The molecule has 2 rings (SSSR count). The fraction of sp³-hybridized carbons (Fsp3) is 0.308. The minimum atomic E-state index is 0.561. The highest BCUT2D eigenvalue weighted by molar-refractivity contribution is 5.65. The van der Waals surface area contributed by atoms with Crippen molar-refractivity contribution in [1.82, 2.24) is 9.55 Å². The molecule has 0 aliphatic rings. The number of imidazole rings is 1. The molecule has 0 aliphatic heterocycles. The molecule has 16 heavy (non-hydrogen) atoms. The van der Waals surface area contributed by atoms with Gasteiger partial charge in [-0.3, -0.25) is 0 Å². The van der Waals surface area contributed by atoms with E-state index in [2.05, 4.69) is 37.0 Å². The predicted molar refractivity (Wildman–Crippen MR) is 67.3 cm³/mol. The number of nitrogen functional groups attached to an aromatic ring is 1. The van der Waals surface area contributed by atoms with E-state index in [9.17, 15) is 0 Å². The van der Waals surface area contributed by atoms with Crippen molar-refractivity contribution in [2.24, 2.45) is 7.05 Å². The van der Waals surface area contributed by atoms with Crippen LogP contribution in [0.25, 0.3) is 11.3 Å². The van der Waals surface area contributed by atoms with E-state index in [0.29, 0.717) is 5.95 Å². The quantitative estimate of drug-likeness (QED) is 0.794. The molecular weight excluding hydrogens is 198 g/mol. The summed E-state index contributed by atoms with van der Waals surface area (Å²) in [5.41, 5.74) is 11.6. The average molecular weight is 215 g/mol. The number of nitrogens with two attached hydrogens (primary N) is 1. The average Bonchev–Trinajstić information content (AvgIpc) is 2.50. The van der Waals surface area contributed by atoms with E-state index < -0.39 is 0 Å². The lowest BCUT2D eigenvalue weighted by Gasteiger charge is -2.04. The Balaban J connectivity index is 2.59. The number of hydrogen-bond acceptors (Lipinski definition) is 2. The molecule has 0 fully saturated rings. The lowest BCUT2D eigenvalue weighted by Crippen LogP contribution is -1.97. The monoisotopic (exact) mass is 215 g/mol. The molecule has 3 heteroatoms. The van der Waals surface area contributed by atoms with Gasteiger partial charge in [0.1, 0.15) is 0 Å². The Morgan fingerprint density at radius 1 is 1.12 bits per heavy atom. The summed E-state index contributed by atoms with van der Waals surface area (Å²) in [6, 6.07) is 6.37. The van der Waals surface area contributed by atoms with E-state index in [0.717, 1.165) is 17.0 Å². The van der Waals surface area contributed by atoms with Crippen molar-refractivity contribution in [3.8, 4) is 11.3 Å². The molecule has 3 nitrogen and oxygen atoms in total. The number of nitrogens with zero attached hydrogens (tertiary/aromatic N) is 2. The first-order chi connectivity index (χ1) is 7.50. The highest BCUT2D eigenvalue weighted by Gasteiger charge is 2.10. The summed E-state index contributed by atoms with van der Waals surface area (Å²) in [5, 5.41) is 0. The van der Waals surface area contributed by atoms with E-state index in [4.69, 9.17) is 5.73 Å². The molecule has 1 aromatic heterocycles. The molecule has 1 aromatic carbocycles. The maximum Gasteiger partial charge on any atom is 0.200 e. The minimum Gasteiger partial charge on any atom is -0.369 e. The zero-order chi connectivity index (χ0) is 11.9. The van der Waals surface area contributed by atoms with Crippen molar-refractivity contribution in [3.63, 3.8) is 0 Å². The van der Waals surface area contributed by atoms with Crippen LogP contribution in [0.1, 0.15) is 16.8 Å². The third-order valence-corrected chi connectivity index (χ3v) is 3.20. The zero-order valence-corrected chi connectivity index (χ0v) is 10.2. The topological polar surface area (TPSA) is 43.8 Å². The van der Waals surface area contributed by atoms with Gasteiger partial charge >= 0.3 is 0 Å². The molecular formula is C13H17N3. The Kier molecular flexibility index (Phi) is 2.46. The molecule has 2 N–H and O–H groups in total. The molecule has 2 aromatic rings. The summed E-state index contributed by atoms with van der Waals surface area (Å²) in [6.45, 7) is 6.26. The number of anilines is 1. The Labute approximate surface area is 95.9 Å². The lowest BCUT2D eigenvalue weighted by molar-refractivity contribution is 0.889. The summed E-state index contributed by atoms with van der Waals surface area (Å²) in [4.78, 5) is 4.39. The van der Waals surface area contributed by atoms with Crippen molar-refractivity contribution in [1.29, 1.82) is 0 Å². The third kappa shape index (κ3) is 1.58. The maximum atomic E-state index is 5.80. The highest BCUT2D eigenvalue weighted by atomic mass is 15.1. The Hall–Kier alpha value is -1.77. The minimum absolute atomic E-state index is 0.561. The second-order valence-electron chi connectivity index (χ2n) is 4.26. The Morgan fingerprint density at radius 3 is 2.31 bits per heavy atom. The molecule has 1 heterocycles. The molecule has 0 atom stereocenters. The van der Waals surface area contributed by atoms with Gasteiger partial charge in [-0.15, -0.1) is 0 Å². The predicted octanol–water partition coefficient (Wildman–Crippen LogP) is 2.59. The van der Waals surface area contributed by atoms with Gasteiger partial charge in [-0.05, 0) is 38.0 Å². The van der Waals surface area contributed by atoms with Gasteiger partial charge in [0.25, 0.3) is 0 Å². The molecule has 0 radical (unpaired) electrons. The number of benzene rings is 1. The summed E-state index contributed by atoms with van der Waals surface area (Å²) >= 11 is 0. The summed E-state index contributed by atoms with van der Waals surface area (Å²) in [5.74, 6) is 0.561. The van der Waals surface area contributed by atoms with Crippen LogP contribution in [0.2, 0.25) is 0 Å². The Morgan fingerprint density at radius 2 is 1.81 bits per heavy atom. The fourth-order valence-electron chi connectivity index (χ4n) is 1.76. The van der Waals surface area contributed by atoms with Crippen LogP contribution in [0.5, 0.6) is 0 Å². The van der Waals surface area contributed by atoms with Crippen molar-refractivity contribution in [3.05, 3.63) is 35.0 Å². The van der Waals surface area contributed by atoms with E-state index in [1.54, 1.807) is 0 Å². The van der Waals surface area contributed by atoms with E-state index in [1.165, 1.54) is 11.1 Å². The number of aromatic nitrogens is 2. The van der Waals surface area contributed by atoms with E-state index in [1.807, 2.05) is 18.5 Å². The number of aryl methyl sites for hydroxylation is 2. The molecule has 0 unspecified atom stereocenters. The van der Waals surface area contributed by atoms with Crippen molar-refractivity contribution in [2.45, 2.75) is 20.8 Å². The van der Waals surface area contributed by atoms with Crippen LogP contribution >= 0.6 is 0 Å². The molecule has 84 valence electrons. The first kappa shape index (κ1) is 10.7. The first-order valence-electron chi connectivity index (χ1n) is 5.37. The van der Waals surface area contributed by atoms with Crippen LogP contribution < -0.4 is 5.73 Å². The second-order valence-corrected chi connectivity index (χ2v) is 4.26. The number of hydrogen-bond donors (Lipinski definition) is 1. The third-order valence-electron chi connectivity index (χ3n) is 3.20. The van der Waals surface area contributed by atoms with Crippen LogP contribution in [0, 0.1) is 20.8 Å². The molecule has 0 spiro atoms. The molecule has 0 bridgehead atoms. The smallest absolute Gasteiger partial charge is 0.200 e. The maximum absolute atomic E-state index is 5.80. The largest absolute Gasteiger partial charge is 0.369 e. The van der Waals surface area contributed by atoms with E-state index >= 15 is 0 Å². The van der Waals surface area contributed by atoms with Gasteiger partial charge in [0.05, 0.1) is 5.69 Å². The fourth-order valence-corrected chi connectivity index (χ4v) is 1.76. The van der Waals surface area contributed by atoms with Gasteiger partial charge in [0.2, 0.25) is 5.95 Å². The summed E-state index contributed by atoms with van der Waals surface area (Å²) in [6.07, 6.45) is 0. The molecule has 0 aliphatic carbocycles. The van der Waals surface area contributed by atoms with Gasteiger partial charge in [-0.25, -0.2) is 4.98 Å². The number of rotatable bonds is 1. The van der Waals surface area contributed by atoms with Gasteiger partial charge in [0, 0.05) is 18.3 Å². The van der Waals surface area contributed by atoms with Crippen molar-refractivity contribution < 1.29 is 0 Å². The molecule has 0 amide bonds. The van der Waals surface area contributed by atoms with Crippen molar-refractivity contribution >= 4 is 5.95 Å². The molecule has 0 saturated carbocycles. The highest BCUT2D eigenvalue weighted by Crippen LogP contribution is 2.25. The van der Waals surface area contributed by atoms with Gasteiger partial charge in [-0.2, -0.15) is 0 Å². The zero-order valence-electron chi connectivity index (χ0n) is 10.2. The summed E-state index contributed by atoms with van der Waals surface area (Å²) in [7, 11) is 1.93. The van der Waals surface area contributed by atoms with Gasteiger partial charge in [-0.1, -0.05) is 12.1 Å². The van der Waals surface area contributed by atoms with Crippen molar-refractivity contribution in [2.75, 3.05) is 5.73 Å². The van der Waals surface area contributed by atoms with Crippen LogP contribution in [0.3, 0.4) is 0 Å². The first-order valence-corrected chi connectivity index (χ1v) is 5.37. The van der Waals surface area contributed by atoms with E-state index in [-0.39, 0.29) is 0 Å². The standard InChI is InChI=1S/C13H17N3/c1-8-5-6-11(7-9(8)2)12-10(3)16(4)13(14)15-12/h5-7H,1-4H3,(H2,14,15). The normalized spacial score (nSPS) is 10.8. The second kappa shape index (κ2) is 3.67. The van der Waals surface area contributed by atoms with Crippen LogP contribution in [0.15, 0.2) is 18.2 Å². The van der Waals surface area contributed by atoms with Crippen LogP contribution in [-0.4, -0.2) is 9.55 Å². The van der Waals surface area contributed by atoms with Gasteiger partial charge in [0.15, 0.2) is 0 Å². The SMILES string of the molecule is Cc1ccc(-c2nc(N)n(C)c2C)cc1C. The lowest BCUT2D eigenvalue weighted by atomic mass is 10.0. The summed E-state index contributed by atoms with van der Waals surface area (Å²) < 4.78 is 1.91. The van der Waals surface area contributed by atoms with Gasteiger partial charge < -0.3 is 10.3 Å². The molecule has 0 saturated heterocycles. The Bertz CT molecular complexity index is 538. The van der Waals surface area contributed by atoms with Crippen LogP contribution in [0.4, 0.5) is 5.95 Å².